The molecule has 0 aliphatic carbocycles. The van der Waals surface area contributed by atoms with Crippen molar-refractivity contribution in [1.82, 2.24) is 9.97 Å². The number of hydrogen-bond acceptors (Lipinski definition) is 6. The van der Waals surface area contributed by atoms with Crippen molar-refractivity contribution in [2.45, 2.75) is 30.1 Å². The highest BCUT2D eigenvalue weighted by Gasteiger charge is 2.17. The summed E-state index contributed by atoms with van der Waals surface area (Å²) in [5, 5.41) is 0. The summed E-state index contributed by atoms with van der Waals surface area (Å²) in [6.45, 7) is 3.70. The Hall–Kier alpha value is -2.98. The number of anilines is 2. The number of sulfonamides is 2. The van der Waals surface area contributed by atoms with Crippen LogP contribution >= 0.6 is 0 Å². The zero-order chi connectivity index (χ0) is 21.1. The van der Waals surface area contributed by atoms with Gasteiger partial charge in [0.1, 0.15) is 0 Å². The summed E-state index contributed by atoms with van der Waals surface area (Å²) in [5.74, 6) is -0.0368. The number of hydrogen-bond donors (Lipinski definition) is 2. The summed E-state index contributed by atoms with van der Waals surface area (Å²) >= 11 is 0. The molecule has 8 nitrogen and oxygen atoms in total. The highest BCUT2D eigenvalue weighted by atomic mass is 32.2. The first-order valence-corrected chi connectivity index (χ1v) is 11.7. The number of aromatic nitrogens is 2. The van der Waals surface area contributed by atoms with E-state index < -0.39 is 20.0 Å². The fourth-order valence-corrected chi connectivity index (χ4v) is 4.51. The van der Waals surface area contributed by atoms with Crippen molar-refractivity contribution >= 4 is 31.7 Å². The SMILES string of the molecule is CCc1ccc(S(=O)(=O)Nc2ccc(S(=O)(=O)Nc3nccc(C)n3)cc2)cc1. The lowest BCUT2D eigenvalue weighted by molar-refractivity contribution is 0.599. The lowest BCUT2D eigenvalue weighted by Gasteiger charge is -2.10. The molecule has 0 amide bonds. The molecule has 0 radical (unpaired) electrons. The summed E-state index contributed by atoms with van der Waals surface area (Å²) in [5.41, 5.74) is 1.90. The minimum absolute atomic E-state index is 0.0368. The largest absolute Gasteiger partial charge is 0.280 e. The quantitative estimate of drug-likeness (QED) is 0.593. The van der Waals surface area contributed by atoms with Crippen LogP contribution in [0.15, 0.2) is 70.6 Å². The van der Waals surface area contributed by atoms with Gasteiger partial charge in [0.15, 0.2) is 0 Å². The Morgan fingerprint density at radius 3 is 1.90 bits per heavy atom. The second kappa shape index (κ2) is 8.18. The van der Waals surface area contributed by atoms with Crippen molar-refractivity contribution in [1.29, 1.82) is 0 Å². The summed E-state index contributed by atoms with van der Waals surface area (Å²) in [7, 11) is -7.68. The van der Waals surface area contributed by atoms with Crippen LogP contribution in [0.3, 0.4) is 0 Å². The molecule has 1 heterocycles. The van der Waals surface area contributed by atoms with E-state index in [0.29, 0.717) is 5.69 Å². The molecule has 3 rings (SSSR count). The second-order valence-corrected chi connectivity index (χ2v) is 9.62. The van der Waals surface area contributed by atoms with E-state index in [4.69, 9.17) is 0 Å². The third-order valence-corrected chi connectivity index (χ3v) is 6.82. The molecular weight excluding hydrogens is 412 g/mol. The van der Waals surface area contributed by atoms with Gasteiger partial charge in [-0.05, 0) is 61.4 Å². The molecule has 0 saturated heterocycles. The number of aryl methyl sites for hydroxylation is 2. The van der Waals surface area contributed by atoms with Gasteiger partial charge in [0.25, 0.3) is 20.0 Å². The molecule has 29 heavy (non-hydrogen) atoms. The van der Waals surface area contributed by atoms with Gasteiger partial charge in [0, 0.05) is 17.6 Å². The van der Waals surface area contributed by atoms with Crippen LogP contribution in [0.2, 0.25) is 0 Å². The molecule has 2 aromatic carbocycles. The Bertz CT molecular complexity index is 1210. The molecule has 3 aromatic rings. The molecule has 0 atom stereocenters. The van der Waals surface area contributed by atoms with E-state index in [0.717, 1.165) is 12.0 Å². The number of nitrogens with one attached hydrogen (secondary N) is 2. The van der Waals surface area contributed by atoms with Crippen LogP contribution in [0.5, 0.6) is 0 Å². The van der Waals surface area contributed by atoms with Crippen LogP contribution in [-0.4, -0.2) is 26.8 Å². The van der Waals surface area contributed by atoms with Crippen LogP contribution in [0.25, 0.3) is 0 Å². The van der Waals surface area contributed by atoms with Crippen LogP contribution in [0, 0.1) is 6.92 Å². The first kappa shape index (κ1) is 20.7. The lowest BCUT2D eigenvalue weighted by Crippen LogP contribution is -2.16. The average Bonchev–Trinajstić information content (AvgIpc) is 2.68. The smallest absolute Gasteiger partial charge is 0.264 e. The lowest BCUT2D eigenvalue weighted by atomic mass is 10.2. The Labute approximate surface area is 170 Å². The molecule has 152 valence electrons. The molecule has 0 saturated carbocycles. The molecule has 0 fully saturated rings. The van der Waals surface area contributed by atoms with Crippen LogP contribution < -0.4 is 9.44 Å². The molecule has 1 aromatic heterocycles. The van der Waals surface area contributed by atoms with E-state index in [1.165, 1.54) is 42.6 Å². The summed E-state index contributed by atoms with van der Waals surface area (Å²) in [6, 6.07) is 13.6. The van der Waals surface area contributed by atoms with Gasteiger partial charge >= 0.3 is 0 Å². The average molecular weight is 433 g/mol. The Kier molecular flexibility index (Phi) is 5.85. The van der Waals surface area contributed by atoms with Gasteiger partial charge in [0.2, 0.25) is 5.95 Å². The van der Waals surface area contributed by atoms with Gasteiger partial charge in [-0.25, -0.2) is 31.5 Å². The van der Waals surface area contributed by atoms with Crippen molar-refractivity contribution in [3.63, 3.8) is 0 Å². The highest BCUT2D eigenvalue weighted by Crippen LogP contribution is 2.20. The van der Waals surface area contributed by atoms with E-state index in [1.807, 2.05) is 6.92 Å². The Balaban J connectivity index is 1.77. The Morgan fingerprint density at radius 2 is 1.34 bits per heavy atom. The monoisotopic (exact) mass is 432 g/mol. The standard InChI is InChI=1S/C19H20N4O4S2/c1-3-15-4-8-17(9-5-15)28(24,25)22-16-6-10-18(11-7-16)29(26,27)23-19-20-13-12-14(2)21-19/h4-13,22H,3H2,1-2H3,(H,20,21,23). The number of benzene rings is 2. The van der Waals surface area contributed by atoms with E-state index >= 15 is 0 Å². The fourth-order valence-electron chi connectivity index (χ4n) is 2.50. The molecule has 2 N–H and O–H groups in total. The summed E-state index contributed by atoms with van der Waals surface area (Å²) < 4.78 is 54.6. The second-order valence-electron chi connectivity index (χ2n) is 6.25. The summed E-state index contributed by atoms with van der Waals surface area (Å²) in [6.07, 6.45) is 2.26. The van der Waals surface area contributed by atoms with Crippen molar-refractivity contribution < 1.29 is 16.8 Å². The van der Waals surface area contributed by atoms with Crippen LogP contribution in [0.4, 0.5) is 11.6 Å². The molecule has 0 aliphatic heterocycles. The maximum atomic E-state index is 12.5. The molecule has 0 aliphatic rings. The number of rotatable bonds is 7. The third-order valence-electron chi connectivity index (χ3n) is 4.08. The Morgan fingerprint density at radius 1 is 0.793 bits per heavy atom. The fraction of sp³-hybridized carbons (Fsp3) is 0.158. The molecule has 0 bridgehead atoms. The zero-order valence-corrected chi connectivity index (χ0v) is 17.5. The predicted molar refractivity (Wildman–Crippen MR) is 111 cm³/mol. The molecular formula is C19H20N4O4S2. The van der Waals surface area contributed by atoms with Crippen molar-refractivity contribution in [2.75, 3.05) is 9.44 Å². The van der Waals surface area contributed by atoms with Crippen LogP contribution in [0.1, 0.15) is 18.2 Å². The molecule has 0 unspecified atom stereocenters. The van der Waals surface area contributed by atoms with E-state index in [-0.39, 0.29) is 21.4 Å². The van der Waals surface area contributed by atoms with E-state index in [2.05, 4.69) is 19.4 Å². The first-order valence-electron chi connectivity index (χ1n) is 8.74. The van der Waals surface area contributed by atoms with Gasteiger partial charge in [0.05, 0.1) is 9.79 Å². The highest BCUT2D eigenvalue weighted by molar-refractivity contribution is 7.93. The van der Waals surface area contributed by atoms with Crippen LogP contribution in [-0.2, 0) is 26.5 Å². The summed E-state index contributed by atoms with van der Waals surface area (Å²) in [4.78, 5) is 7.96. The van der Waals surface area contributed by atoms with Gasteiger partial charge < -0.3 is 0 Å². The predicted octanol–water partition coefficient (Wildman–Crippen LogP) is 2.95. The van der Waals surface area contributed by atoms with Gasteiger partial charge in [-0.1, -0.05) is 19.1 Å². The van der Waals surface area contributed by atoms with Crippen molar-refractivity contribution in [3.8, 4) is 0 Å². The van der Waals surface area contributed by atoms with Crippen molar-refractivity contribution in [3.05, 3.63) is 72.1 Å². The van der Waals surface area contributed by atoms with Gasteiger partial charge in [-0.2, -0.15) is 0 Å². The topological polar surface area (TPSA) is 118 Å². The molecule has 10 heteroatoms. The van der Waals surface area contributed by atoms with Gasteiger partial charge in [-0.3, -0.25) is 4.72 Å². The van der Waals surface area contributed by atoms with Gasteiger partial charge in [-0.15, -0.1) is 0 Å². The minimum Gasteiger partial charge on any atom is -0.280 e. The normalized spacial score (nSPS) is 11.8. The third kappa shape index (κ3) is 5.09. The zero-order valence-electron chi connectivity index (χ0n) is 15.8. The first-order chi connectivity index (χ1) is 13.7. The van der Waals surface area contributed by atoms with Crippen molar-refractivity contribution in [2.24, 2.45) is 0 Å². The molecule has 0 spiro atoms. The van der Waals surface area contributed by atoms with E-state index in [9.17, 15) is 16.8 Å². The minimum atomic E-state index is -3.90. The van der Waals surface area contributed by atoms with E-state index in [1.54, 1.807) is 25.1 Å². The maximum absolute atomic E-state index is 12.5. The number of nitrogens with zero attached hydrogens (tertiary/aromatic N) is 2. The maximum Gasteiger partial charge on any atom is 0.264 e.